The van der Waals surface area contributed by atoms with Crippen LogP contribution in [-0.2, 0) is 0 Å². The second-order valence-electron chi connectivity index (χ2n) is 5.18. The Balaban J connectivity index is 1.95. The molecular weight excluding hydrogens is 252 g/mol. The highest BCUT2D eigenvalue weighted by molar-refractivity contribution is 5.91. The van der Waals surface area contributed by atoms with Gasteiger partial charge in [-0.2, -0.15) is 0 Å². The molecule has 0 aliphatic heterocycles. The van der Waals surface area contributed by atoms with Crippen LogP contribution in [0.2, 0.25) is 0 Å². The Morgan fingerprint density at radius 1 is 1.15 bits per heavy atom. The quantitative estimate of drug-likeness (QED) is 0.914. The van der Waals surface area contributed by atoms with E-state index in [1.807, 2.05) is 36.4 Å². The number of benzene rings is 2. The Morgan fingerprint density at radius 3 is 2.60 bits per heavy atom. The van der Waals surface area contributed by atoms with Crippen molar-refractivity contribution in [3.8, 4) is 16.9 Å². The van der Waals surface area contributed by atoms with E-state index >= 15 is 0 Å². The zero-order chi connectivity index (χ0) is 14.1. The molecule has 0 aromatic heterocycles. The van der Waals surface area contributed by atoms with Crippen molar-refractivity contribution in [1.82, 2.24) is 0 Å². The fraction of sp³-hybridized carbons (Fsp3) is 0.235. The lowest BCUT2D eigenvalue weighted by Crippen LogP contribution is -2.00. The van der Waals surface area contributed by atoms with E-state index in [2.05, 4.69) is 0 Å². The van der Waals surface area contributed by atoms with Crippen molar-refractivity contribution in [3.63, 3.8) is 0 Å². The van der Waals surface area contributed by atoms with Crippen LogP contribution in [0.5, 0.6) is 5.75 Å². The molecule has 0 radical (unpaired) electrons. The van der Waals surface area contributed by atoms with E-state index < -0.39 is 5.97 Å². The molecule has 1 N–H and O–H groups in total. The Bertz CT molecular complexity index is 657. The molecule has 0 unspecified atom stereocenters. The van der Waals surface area contributed by atoms with Gasteiger partial charge in [-0.05, 0) is 54.7 Å². The molecule has 0 bridgehead atoms. The molecule has 2 aromatic carbocycles. The summed E-state index contributed by atoms with van der Waals surface area (Å²) < 4.78 is 5.77. The van der Waals surface area contributed by atoms with Crippen LogP contribution >= 0.6 is 0 Å². The number of rotatable bonds is 4. The van der Waals surface area contributed by atoms with Crippen molar-refractivity contribution in [2.75, 3.05) is 0 Å². The topological polar surface area (TPSA) is 46.5 Å². The van der Waals surface area contributed by atoms with Gasteiger partial charge in [0.15, 0.2) is 0 Å². The highest BCUT2D eigenvalue weighted by Crippen LogP contribution is 2.30. The van der Waals surface area contributed by atoms with Crippen LogP contribution < -0.4 is 4.74 Å². The third-order valence-corrected chi connectivity index (χ3v) is 3.46. The van der Waals surface area contributed by atoms with Crippen LogP contribution in [0.1, 0.15) is 28.8 Å². The zero-order valence-corrected chi connectivity index (χ0v) is 11.3. The van der Waals surface area contributed by atoms with Gasteiger partial charge in [0.2, 0.25) is 0 Å². The van der Waals surface area contributed by atoms with E-state index in [0.717, 1.165) is 35.3 Å². The first-order valence-corrected chi connectivity index (χ1v) is 6.74. The second kappa shape index (κ2) is 5.00. The van der Waals surface area contributed by atoms with Crippen LogP contribution in [0.15, 0.2) is 42.5 Å². The summed E-state index contributed by atoms with van der Waals surface area (Å²) in [6.45, 7) is 1.81. The SMILES string of the molecule is Cc1ccc(-c2cccc(OC3CC3)c2)cc1C(=O)O. The molecule has 0 saturated heterocycles. The molecule has 1 aliphatic rings. The molecule has 102 valence electrons. The normalized spacial score (nSPS) is 14.1. The highest BCUT2D eigenvalue weighted by Gasteiger charge is 2.23. The van der Waals surface area contributed by atoms with Crippen molar-refractivity contribution in [1.29, 1.82) is 0 Å². The summed E-state index contributed by atoms with van der Waals surface area (Å²) in [6, 6.07) is 13.3. The number of carboxylic acids is 1. The maximum Gasteiger partial charge on any atom is 0.335 e. The first-order valence-electron chi connectivity index (χ1n) is 6.74. The van der Waals surface area contributed by atoms with E-state index in [-0.39, 0.29) is 0 Å². The lowest BCUT2D eigenvalue weighted by atomic mass is 9.99. The van der Waals surface area contributed by atoms with Crippen LogP contribution in [-0.4, -0.2) is 17.2 Å². The summed E-state index contributed by atoms with van der Waals surface area (Å²) in [5.41, 5.74) is 2.99. The summed E-state index contributed by atoms with van der Waals surface area (Å²) in [7, 11) is 0. The summed E-state index contributed by atoms with van der Waals surface area (Å²) >= 11 is 0. The number of aromatic carboxylic acids is 1. The van der Waals surface area contributed by atoms with Gasteiger partial charge >= 0.3 is 5.97 Å². The standard InChI is InChI=1S/C17H16O3/c1-11-5-6-13(10-16(11)17(18)19)12-3-2-4-15(9-12)20-14-7-8-14/h2-6,9-10,14H,7-8H2,1H3,(H,18,19). The van der Waals surface area contributed by atoms with E-state index in [0.29, 0.717) is 11.7 Å². The molecule has 3 rings (SSSR count). The number of carbonyl (C=O) groups is 1. The highest BCUT2D eigenvalue weighted by atomic mass is 16.5. The lowest BCUT2D eigenvalue weighted by molar-refractivity contribution is 0.0696. The van der Waals surface area contributed by atoms with E-state index in [1.54, 1.807) is 13.0 Å². The second-order valence-corrected chi connectivity index (χ2v) is 5.18. The molecular formula is C17H16O3. The van der Waals surface area contributed by atoms with Crippen LogP contribution in [0, 0.1) is 6.92 Å². The molecule has 20 heavy (non-hydrogen) atoms. The summed E-state index contributed by atoms with van der Waals surface area (Å²) in [6.07, 6.45) is 2.60. The molecule has 0 heterocycles. The largest absolute Gasteiger partial charge is 0.490 e. The van der Waals surface area contributed by atoms with Gasteiger partial charge in [-0.15, -0.1) is 0 Å². The number of aryl methyl sites for hydroxylation is 1. The maximum absolute atomic E-state index is 11.2. The Labute approximate surface area is 117 Å². The van der Waals surface area contributed by atoms with Gasteiger partial charge in [-0.25, -0.2) is 4.79 Å². The van der Waals surface area contributed by atoms with Gasteiger partial charge < -0.3 is 9.84 Å². The monoisotopic (exact) mass is 268 g/mol. The minimum atomic E-state index is -0.894. The van der Waals surface area contributed by atoms with Gasteiger partial charge in [0.05, 0.1) is 11.7 Å². The van der Waals surface area contributed by atoms with Crippen LogP contribution in [0.25, 0.3) is 11.1 Å². The lowest BCUT2D eigenvalue weighted by Gasteiger charge is -2.09. The van der Waals surface area contributed by atoms with Crippen molar-refractivity contribution in [2.45, 2.75) is 25.9 Å². The smallest absolute Gasteiger partial charge is 0.335 e. The van der Waals surface area contributed by atoms with E-state index in [4.69, 9.17) is 4.74 Å². The van der Waals surface area contributed by atoms with Gasteiger partial charge in [0.1, 0.15) is 5.75 Å². The van der Waals surface area contributed by atoms with Crippen LogP contribution in [0.3, 0.4) is 0 Å². The summed E-state index contributed by atoms with van der Waals surface area (Å²) in [4.78, 5) is 11.2. The fourth-order valence-corrected chi connectivity index (χ4v) is 2.16. The Kier molecular flexibility index (Phi) is 3.18. The van der Waals surface area contributed by atoms with Crippen molar-refractivity contribution < 1.29 is 14.6 Å². The minimum absolute atomic E-state index is 0.344. The first-order chi connectivity index (χ1) is 9.63. The number of carboxylic acid groups (broad SMARTS) is 1. The number of hydrogen-bond acceptors (Lipinski definition) is 2. The Morgan fingerprint density at radius 2 is 1.90 bits per heavy atom. The number of ether oxygens (including phenoxy) is 1. The van der Waals surface area contributed by atoms with Crippen molar-refractivity contribution >= 4 is 5.97 Å². The number of hydrogen-bond donors (Lipinski definition) is 1. The zero-order valence-electron chi connectivity index (χ0n) is 11.3. The first kappa shape index (κ1) is 12.7. The van der Waals surface area contributed by atoms with Crippen LogP contribution in [0.4, 0.5) is 0 Å². The average molecular weight is 268 g/mol. The van der Waals surface area contributed by atoms with Gasteiger partial charge in [-0.1, -0.05) is 24.3 Å². The summed E-state index contributed by atoms with van der Waals surface area (Å²) in [5, 5.41) is 9.19. The molecule has 0 spiro atoms. The molecule has 1 fully saturated rings. The Hall–Kier alpha value is -2.29. The fourth-order valence-electron chi connectivity index (χ4n) is 2.16. The van der Waals surface area contributed by atoms with Crippen molar-refractivity contribution in [2.24, 2.45) is 0 Å². The predicted octanol–water partition coefficient (Wildman–Crippen LogP) is 3.90. The molecule has 0 amide bonds. The average Bonchev–Trinajstić information content (AvgIpc) is 3.23. The minimum Gasteiger partial charge on any atom is -0.490 e. The van der Waals surface area contributed by atoms with E-state index in [1.165, 1.54) is 0 Å². The molecule has 2 aromatic rings. The molecule has 1 saturated carbocycles. The van der Waals surface area contributed by atoms with Gasteiger partial charge in [0, 0.05) is 0 Å². The molecule has 3 nitrogen and oxygen atoms in total. The predicted molar refractivity (Wildman–Crippen MR) is 77.2 cm³/mol. The third kappa shape index (κ3) is 2.67. The summed E-state index contributed by atoms with van der Waals surface area (Å²) in [5.74, 6) is -0.0443. The van der Waals surface area contributed by atoms with Crippen molar-refractivity contribution in [3.05, 3.63) is 53.6 Å². The maximum atomic E-state index is 11.2. The third-order valence-electron chi connectivity index (χ3n) is 3.46. The van der Waals surface area contributed by atoms with Gasteiger partial charge in [0.25, 0.3) is 0 Å². The van der Waals surface area contributed by atoms with E-state index in [9.17, 15) is 9.90 Å². The van der Waals surface area contributed by atoms with Gasteiger partial charge in [-0.3, -0.25) is 0 Å². The molecule has 3 heteroatoms. The molecule has 0 atom stereocenters. The molecule has 1 aliphatic carbocycles.